The van der Waals surface area contributed by atoms with Gasteiger partial charge >= 0.3 is 5.97 Å². The van der Waals surface area contributed by atoms with E-state index in [0.717, 1.165) is 19.0 Å². The first-order valence-electron chi connectivity index (χ1n) is 7.83. The highest BCUT2D eigenvalue weighted by Gasteiger charge is 2.37. The predicted molar refractivity (Wildman–Crippen MR) is 77.3 cm³/mol. The molecule has 5 heteroatoms. The summed E-state index contributed by atoms with van der Waals surface area (Å²) in [6.07, 6.45) is 4.50. The van der Waals surface area contributed by atoms with E-state index in [-0.39, 0.29) is 5.97 Å². The molecule has 2 N–H and O–H groups in total. The summed E-state index contributed by atoms with van der Waals surface area (Å²) in [6, 6.07) is 0.495. The van der Waals surface area contributed by atoms with Crippen LogP contribution in [-0.4, -0.2) is 56.4 Å². The lowest BCUT2D eigenvalue weighted by atomic mass is 9.76. The van der Waals surface area contributed by atoms with E-state index in [1.165, 1.54) is 32.8 Å². The first-order chi connectivity index (χ1) is 9.69. The van der Waals surface area contributed by atoms with Crippen LogP contribution in [0.15, 0.2) is 0 Å². The standard InChI is InChI=1S/C15H28N2O3/c1-3-11-4-5-12(9-16)13(8-11)17-6-7-20-14(10-17)15(18)19-2/h11-14H,3-10,16H2,1-2H3. The zero-order chi connectivity index (χ0) is 14.5. The summed E-state index contributed by atoms with van der Waals surface area (Å²) < 4.78 is 10.3. The van der Waals surface area contributed by atoms with Gasteiger partial charge in [-0.2, -0.15) is 0 Å². The summed E-state index contributed by atoms with van der Waals surface area (Å²) in [5, 5.41) is 0. The molecule has 1 aliphatic carbocycles. The average Bonchev–Trinajstić information content (AvgIpc) is 2.53. The lowest BCUT2D eigenvalue weighted by Crippen LogP contribution is -2.55. The molecule has 5 nitrogen and oxygen atoms in total. The molecule has 2 aliphatic rings. The number of carbonyl (C=O) groups is 1. The number of hydrogen-bond donors (Lipinski definition) is 1. The maximum Gasteiger partial charge on any atom is 0.336 e. The van der Waals surface area contributed by atoms with E-state index in [1.54, 1.807) is 0 Å². The summed E-state index contributed by atoms with van der Waals surface area (Å²) in [4.78, 5) is 14.1. The Morgan fingerprint density at radius 3 is 2.90 bits per heavy atom. The van der Waals surface area contributed by atoms with E-state index in [2.05, 4.69) is 11.8 Å². The minimum Gasteiger partial charge on any atom is -0.467 e. The highest BCUT2D eigenvalue weighted by atomic mass is 16.6. The third kappa shape index (κ3) is 3.51. The molecular formula is C15H28N2O3. The van der Waals surface area contributed by atoms with Gasteiger partial charge in [0.25, 0.3) is 0 Å². The number of methoxy groups -OCH3 is 1. The predicted octanol–water partition coefficient (Wildman–Crippen LogP) is 1.01. The first-order valence-corrected chi connectivity index (χ1v) is 7.83. The number of carbonyl (C=O) groups excluding carboxylic acids is 1. The van der Waals surface area contributed by atoms with Crippen molar-refractivity contribution in [1.82, 2.24) is 4.90 Å². The van der Waals surface area contributed by atoms with E-state index in [1.807, 2.05) is 0 Å². The van der Waals surface area contributed by atoms with Crippen molar-refractivity contribution in [1.29, 1.82) is 0 Å². The first kappa shape index (κ1) is 15.7. The lowest BCUT2D eigenvalue weighted by Gasteiger charge is -2.45. The Morgan fingerprint density at radius 1 is 1.45 bits per heavy atom. The number of rotatable bonds is 4. The van der Waals surface area contributed by atoms with E-state index < -0.39 is 6.10 Å². The second-order valence-corrected chi connectivity index (χ2v) is 6.03. The van der Waals surface area contributed by atoms with Crippen molar-refractivity contribution in [3.05, 3.63) is 0 Å². The molecule has 116 valence electrons. The number of nitrogens with zero attached hydrogens (tertiary/aromatic N) is 1. The van der Waals surface area contributed by atoms with Crippen molar-refractivity contribution in [2.24, 2.45) is 17.6 Å². The van der Waals surface area contributed by atoms with Crippen molar-refractivity contribution in [3.8, 4) is 0 Å². The van der Waals surface area contributed by atoms with Gasteiger partial charge in [-0.15, -0.1) is 0 Å². The molecule has 1 heterocycles. The molecule has 0 aromatic carbocycles. The molecule has 0 aromatic rings. The Bertz CT molecular complexity index is 324. The Balaban J connectivity index is 2.01. The third-order valence-electron chi connectivity index (χ3n) is 4.98. The number of ether oxygens (including phenoxy) is 2. The lowest BCUT2D eigenvalue weighted by molar-refractivity contribution is -0.162. The number of esters is 1. The summed E-state index contributed by atoms with van der Waals surface area (Å²) in [5.74, 6) is 1.08. The molecule has 0 radical (unpaired) electrons. The highest BCUT2D eigenvalue weighted by Crippen LogP contribution is 2.34. The van der Waals surface area contributed by atoms with Crippen molar-refractivity contribution in [2.75, 3.05) is 33.4 Å². The largest absolute Gasteiger partial charge is 0.467 e. The van der Waals surface area contributed by atoms with Crippen LogP contribution >= 0.6 is 0 Å². The monoisotopic (exact) mass is 284 g/mol. The SMILES string of the molecule is CCC1CCC(CN)C(N2CCOC(C(=O)OC)C2)C1. The van der Waals surface area contributed by atoms with Gasteiger partial charge in [-0.05, 0) is 31.2 Å². The molecule has 2 rings (SSSR count). The van der Waals surface area contributed by atoms with Crippen LogP contribution in [-0.2, 0) is 14.3 Å². The molecule has 4 atom stereocenters. The fraction of sp³-hybridized carbons (Fsp3) is 0.933. The summed E-state index contributed by atoms with van der Waals surface area (Å²) >= 11 is 0. The van der Waals surface area contributed by atoms with Crippen LogP contribution in [0, 0.1) is 11.8 Å². The van der Waals surface area contributed by atoms with E-state index in [9.17, 15) is 4.79 Å². The van der Waals surface area contributed by atoms with Crippen LogP contribution in [0.3, 0.4) is 0 Å². The molecule has 1 saturated carbocycles. The van der Waals surface area contributed by atoms with Crippen molar-refractivity contribution < 1.29 is 14.3 Å². The van der Waals surface area contributed by atoms with Crippen LogP contribution in [0.2, 0.25) is 0 Å². The van der Waals surface area contributed by atoms with Gasteiger partial charge in [0.2, 0.25) is 0 Å². The molecule has 0 amide bonds. The van der Waals surface area contributed by atoms with Crippen LogP contribution in [0.1, 0.15) is 32.6 Å². The summed E-state index contributed by atoms with van der Waals surface area (Å²) in [7, 11) is 1.42. The second-order valence-electron chi connectivity index (χ2n) is 6.03. The molecule has 0 aromatic heterocycles. The highest BCUT2D eigenvalue weighted by molar-refractivity contribution is 5.74. The van der Waals surface area contributed by atoms with Crippen molar-refractivity contribution >= 4 is 5.97 Å². The van der Waals surface area contributed by atoms with E-state index >= 15 is 0 Å². The third-order valence-corrected chi connectivity index (χ3v) is 4.98. The molecule has 1 aliphatic heterocycles. The van der Waals surface area contributed by atoms with E-state index in [0.29, 0.717) is 25.1 Å². The molecule has 20 heavy (non-hydrogen) atoms. The number of hydrogen-bond acceptors (Lipinski definition) is 5. The molecule has 0 spiro atoms. The number of morpholine rings is 1. The van der Waals surface area contributed by atoms with Crippen molar-refractivity contribution in [2.45, 2.75) is 44.8 Å². The fourth-order valence-electron chi connectivity index (χ4n) is 3.63. The van der Waals surface area contributed by atoms with Gasteiger partial charge < -0.3 is 15.2 Å². The van der Waals surface area contributed by atoms with Gasteiger partial charge in [0, 0.05) is 19.1 Å². The molecule has 0 bridgehead atoms. The fourth-order valence-corrected chi connectivity index (χ4v) is 3.63. The van der Waals surface area contributed by atoms with Crippen molar-refractivity contribution in [3.63, 3.8) is 0 Å². The molecular weight excluding hydrogens is 256 g/mol. The Morgan fingerprint density at radius 2 is 2.25 bits per heavy atom. The summed E-state index contributed by atoms with van der Waals surface area (Å²) in [6.45, 7) is 5.14. The normalized spacial score (nSPS) is 35.8. The Kier molecular flexibility index (Phi) is 5.81. The molecule has 1 saturated heterocycles. The maximum absolute atomic E-state index is 11.7. The van der Waals surface area contributed by atoms with Crippen LogP contribution < -0.4 is 5.73 Å². The van der Waals surface area contributed by atoms with Gasteiger partial charge in [-0.3, -0.25) is 4.90 Å². The number of nitrogens with two attached hydrogens (primary N) is 1. The van der Waals surface area contributed by atoms with Crippen LogP contribution in [0.25, 0.3) is 0 Å². The summed E-state index contributed by atoms with van der Waals surface area (Å²) in [5.41, 5.74) is 5.96. The van der Waals surface area contributed by atoms with Gasteiger partial charge in [0.1, 0.15) is 0 Å². The Labute approximate surface area is 121 Å². The van der Waals surface area contributed by atoms with E-state index in [4.69, 9.17) is 15.2 Å². The van der Waals surface area contributed by atoms with Gasteiger partial charge in [0.15, 0.2) is 6.10 Å². The topological polar surface area (TPSA) is 64.8 Å². The van der Waals surface area contributed by atoms with Gasteiger partial charge in [0.05, 0.1) is 13.7 Å². The van der Waals surface area contributed by atoms with Gasteiger partial charge in [-0.25, -0.2) is 4.79 Å². The molecule has 2 fully saturated rings. The molecule has 4 unspecified atom stereocenters. The Hall–Kier alpha value is -0.650. The van der Waals surface area contributed by atoms with Crippen LogP contribution in [0.5, 0.6) is 0 Å². The second kappa shape index (κ2) is 7.38. The minimum absolute atomic E-state index is 0.262. The smallest absolute Gasteiger partial charge is 0.336 e. The average molecular weight is 284 g/mol. The zero-order valence-electron chi connectivity index (χ0n) is 12.7. The maximum atomic E-state index is 11.7. The minimum atomic E-state index is -0.436. The van der Waals surface area contributed by atoms with Crippen LogP contribution in [0.4, 0.5) is 0 Å². The quantitative estimate of drug-likeness (QED) is 0.781. The zero-order valence-corrected chi connectivity index (χ0v) is 12.7. The van der Waals surface area contributed by atoms with Gasteiger partial charge in [-0.1, -0.05) is 19.8 Å².